The highest BCUT2D eigenvalue weighted by molar-refractivity contribution is 5.80. The highest BCUT2D eigenvalue weighted by Gasteiger charge is 2.32. The second-order valence-electron chi connectivity index (χ2n) is 4.83. The first kappa shape index (κ1) is 12.1. The van der Waals surface area contributed by atoms with Crippen LogP contribution in [0.15, 0.2) is 18.2 Å². The molecule has 1 fully saturated rings. The van der Waals surface area contributed by atoms with E-state index in [1.165, 1.54) is 0 Å². The van der Waals surface area contributed by atoms with Crippen molar-refractivity contribution in [2.75, 3.05) is 6.61 Å². The number of aliphatic hydroxyl groups is 1. The van der Waals surface area contributed by atoms with Gasteiger partial charge in [-0.3, -0.25) is 4.79 Å². The van der Waals surface area contributed by atoms with Crippen molar-refractivity contribution in [3.05, 3.63) is 29.3 Å². The molecule has 2 rings (SSSR count). The highest BCUT2D eigenvalue weighted by atomic mass is 16.5. The number of aldehydes is 1. The van der Waals surface area contributed by atoms with E-state index in [2.05, 4.69) is 0 Å². The minimum Gasteiger partial charge on any atom is -0.490 e. The maximum absolute atomic E-state index is 10.9. The largest absolute Gasteiger partial charge is 0.490 e. The zero-order chi connectivity index (χ0) is 12.3. The van der Waals surface area contributed by atoms with Crippen LogP contribution in [0.25, 0.3) is 0 Å². The molecule has 1 aliphatic carbocycles. The molecule has 1 N–H and O–H groups in total. The summed E-state index contributed by atoms with van der Waals surface area (Å²) in [4.78, 5) is 10.9. The molecule has 0 radical (unpaired) electrons. The Labute approximate surface area is 101 Å². The second kappa shape index (κ2) is 4.88. The monoisotopic (exact) mass is 234 g/mol. The first-order valence-corrected chi connectivity index (χ1v) is 6.05. The van der Waals surface area contributed by atoms with Crippen molar-refractivity contribution in [2.45, 2.75) is 38.2 Å². The van der Waals surface area contributed by atoms with Gasteiger partial charge in [0.05, 0.1) is 11.2 Å². The summed E-state index contributed by atoms with van der Waals surface area (Å²) in [5.41, 5.74) is 0.769. The molecule has 1 aromatic rings. The third-order valence-corrected chi connectivity index (χ3v) is 3.39. The SMILES string of the molecule is Cc1cccc(C=O)c1OCC1(O)CCCC1. The van der Waals surface area contributed by atoms with Crippen molar-refractivity contribution in [1.82, 2.24) is 0 Å². The molecule has 3 heteroatoms. The molecule has 0 saturated heterocycles. The summed E-state index contributed by atoms with van der Waals surface area (Å²) < 4.78 is 5.66. The Kier molecular flexibility index (Phi) is 3.48. The Morgan fingerprint density at radius 3 is 2.76 bits per heavy atom. The standard InChI is InChI=1S/C14H18O3/c1-11-5-4-6-12(9-15)13(11)17-10-14(16)7-2-3-8-14/h4-6,9,16H,2-3,7-8,10H2,1H3. The molecule has 1 aromatic carbocycles. The molecule has 0 unspecified atom stereocenters. The molecule has 3 nitrogen and oxygen atoms in total. The first-order valence-electron chi connectivity index (χ1n) is 6.05. The topological polar surface area (TPSA) is 46.5 Å². The van der Waals surface area contributed by atoms with E-state index in [0.717, 1.165) is 37.5 Å². The van der Waals surface area contributed by atoms with Crippen LogP contribution < -0.4 is 4.74 Å². The Hall–Kier alpha value is -1.35. The number of aryl methyl sites for hydroxylation is 1. The molecule has 17 heavy (non-hydrogen) atoms. The number of hydrogen-bond donors (Lipinski definition) is 1. The van der Waals surface area contributed by atoms with Gasteiger partial charge in [0.2, 0.25) is 0 Å². The van der Waals surface area contributed by atoms with E-state index in [0.29, 0.717) is 11.3 Å². The highest BCUT2D eigenvalue weighted by Crippen LogP contribution is 2.31. The van der Waals surface area contributed by atoms with E-state index < -0.39 is 5.60 Å². The van der Waals surface area contributed by atoms with Gasteiger partial charge in [-0.1, -0.05) is 25.0 Å². The smallest absolute Gasteiger partial charge is 0.153 e. The summed E-state index contributed by atoms with van der Waals surface area (Å²) in [7, 11) is 0. The molecule has 0 heterocycles. The van der Waals surface area contributed by atoms with Crippen molar-refractivity contribution < 1.29 is 14.6 Å². The average Bonchev–Trinajstić information content (AvgIpc) is 2.75. The van der Waals surface area contributed by atoms with E-state index in [1.807, 2.05) is 19.1 Å². The van der Waals surface area contributed by atoms with Gasteiger partial charge in [-0.25, -0.2) is 0 Å². The van der Waals surface area contributed by atoms with Crippen LogP contribution in [0.5, 0.6) is 5.75 Å². The number of benzene rings is 1. The summed E-state index contributed by atoms with van der Waals surface area (Å²) >= 11 is 0. The van der Waals surface area contributed by atoms with E-state index in [-0.39, 0.29) is 6.61 Å². The van der Waals surface area contributed by atoms with Crippen molar-refractivity contribution in [3.63, 3.8) is 0 Å². The fourth-order valence-corrected chi connectivity index (χ4v) is 2.35. The Bertz CT molecular complexity index is 406. The maximum atomic E-state index is 10.9. The van der Waals surface area contributed by atoms with Gasteiger partial charge in [-0.15, -0.1) is 0 Å². The zero-order valence-electron chi connectivity index (χ0n) is 10.1. The molecule has 0 spiro atoms. The minimum absolute atomic E-state index is 0.276. The Morgan fingerprint density at radius 2 is 2.12 bits per heavy atom. The number of para-hydroxylation sites is 1. The van der Waals surface area contributed by atoms with E-state index in [1.54, 1.807) is 6.07 Å². The van der Waals surface area contributed by atoms with Gasteiger partial charge in [-0.2, -0.15) is 0 Å². The summed E-state index contributed by atoms with van der Waals surface area (Å²) in [6.07, 6.45) is 4.47. The van der Waals surface area contributed by atoms with Crippen LogP contribution in [0.1, 0.15) is 41.6 Å². The molecule has 0 bridgehead atoms. The van der Waals surface area contributed by atoms with Gasteiger partial charge in [0.15, 0.2) is 6.29 Å². The van der Waals surface area contributed by atoms with Crippen molar-refractivity contribution in [3.8, 4) is 5.75 Å². The molecule has 92 valence electrons. The van der Waals surface area contributed by atoms with Gasteiger partial charge in [-0.05, 0) is 31.4 Å². The summed E-state index contributed by atoms with van der Waals surface area (Å²) in [6, 6.07) is 5.46. The van der Waals surface area contributed by atoms with Gasteiger partial charge >= 0.3 is 0 Å². The molecule has 0 atom stereocenters. The van der Waals surface area contributed by atoms with Crippen molar-refractivity contribution >= 4 is 6.29 Å². The van der Waals surface area contributed by atoms with E-state index >= 15 is 0 Å². The summed E-state index contributed by atoms with van der Waals surface area (Å²) in [6.45, 7) is 2.18. The van der Waals surface area contributed by atoms with Crippen LogP contribution in [0.2, 0.25) is 0 Å². The predicted molar refractivity (Wildman–Crippen MR) is 65.5 cm³/mol. The second-order valence-corrected chi connectivity index (χ2v) is 4.83. The van der Waals surface area contributed by atoms with Gasteiger partial charge in [0, 0.05) is 0 Å². The lowest BCUT2D eigenvalue weighted by atomic mass is 10.0. The average molecular weight is 234 g/mol. The fraction of sp³-hybridized carbons (Fsp3) is 0.500. The number of ether oxygens (including phenoxy) is 1. The summed E-state index contributed by atoms with van der Waals surface area (Å²) in [5, 5.41) is 10.2. The van der Waals surface area contributed by atoms with Crippen LogP contribution in [-0.2, 0) is 0 Å². The lowest BCUT2D eigenvalue weighted by Crippen LogP contribution is -2.32. The fourth-order valence-electron chi connectivity index (χ4n) is 2.35. The molecule has 0 aromatic heterocycles. The predicted octanol–water partition coefficient (Wildman–Crippen LogP) is 2.49. The molecular formula is C14H18O3. The van der Waals surface area contributed by atoms with Gasteiger partial charge in [0.25, 0.3) is 0 Å². The van der Waals surface area contributed by atoms with Crippen LogP contribution >= 0.6 is 0 Å². The van der Waals surface area contributed by atoms with E-state index in [9.17, 15) is 9.90 Å². The molecule has 0 aliphatic heterocycles. The van der Waals surface area contributed by atoms with Crippen molar-refractivity contribution in [2.24, 2.45) is 0 Å². The maximum Gasteiger partial charge on any atom is 0.153 e. The van der Waals surface area contributed by atoms with Crippen LogP contribution in [0.4, 0.5) is 0 Å². The van der Waals surface area contributed by atoms with Crippen LogP contribution in [0, 0.1) is 6.92 Å². The third-order valence-electron chi connectivity index (χ3n) is 3.39. The lowest BCUT2D eigenvalue weighted by Gasteiger charge is -2.23. The zero-order valence-corrected chi connectivity index (χ0v) is 10.1. The molecule has 0 amide bonds. The first-order chi connectivity index (χ1) is 8.14. The van der Waals surface area contributed by atoms with Crippen LogP contribution in [0.3, 0.4) is 0 Å². The van der Waals surface area contributed by atoms with Gasteiger partial charge in [0.1, 0.15) is 12.4 Å². The summed E-state index contributed by atoms with van der Waals surface area (Å²) in [5.74, 6) is 0.600. The minimum atomic E-state index is -0.706. The van der Waals surface area contributed by atoms with E-state index in [4.69, 9.17) is 4.74 Å². The number of carbonyl (C=O) groups is 1. The molecule has 1 saturated carbocycles. The number of hydrogen-bond acceptors (Lipinski definition) is 3. The molecule has 1 aliphatic rings. The third kappa shape index (κ3) is 2.67. The van der Waals surface area contributed by atoms with Gasteiger partial charge < -0.3 is 9.84 Å². The number of carbonyl (C=O) groups excluding carboxylic acids is 1. The Balaban J connectivity index is 2.10. The van der Waals surface area contributed by atoms with Crippen LogP contribution in [-0.4, -0.2) is 23.6 Å². The normalized spacial score (nSPS) is 18.0. The molecular weight excluding hydrogens is 216 g/mol. The Morgan fingerprint density at radius 1 is 1.41 bits per heavy atom. The number of rotatable bonds is 4. The quantitative estimate of drug-likeness (QED) is 0.814. The lowest BCUT2D eigenvalue weighted by molar-refractivity contribution is 0.00104. The van der Waals surface area contributed by atoms with Crippen molar-refractivity contribution in [1.29, 1.82) is 0 Å².